The number of carbonyl (C=O) groups excluding carboxylic acids is 1. The lowest BCUT2D eigenvalue weighted by Gasteiger charge is -2.32. The highest BCUT2D eigenvalue weighted by Gasteiger charge is 2.20. The lowest BCUT2D eigenvalue weighted by Crippen LogP contribution is -2.42. The fourth-order valence-electron chi connectivity index (χ4n) is 2.35. The summed E-state index contributed by atoms with van der Waals surface area (Å²) in [5, 5.41) is 2.59. The molecule has 1 aliphatic rings. The Morgan fingerprint density at radius 2 is 2.16 bits per heavy atom. The third-order valence-corrected chi connectivity index (χ3v) is 3.49. The van der Waals surface area contributed by atoms with Crippen molar-refractivity contribution in [2.24, 2.45) is 0 Å². The molecule has 1 saturated heterocycles. The highest BCUT2D eigenvalue weighted by molar-refractivity contribution is 5.92. The van der Waals surface area contributed by atoms with Gasteiger partial charge in [0.15, 0.2) is 11.6 Å². The Bertz CT molecular complexity index is 465. The number of benzene rings is 1. The van der Waals surface area contributed by atoms with Crippen LogP contribution in [0.1, 0.15) is 26.2 Å². The van der Waals surface area contributed by atoms with E-state index in [2.05, 4.69) is 17.1 Å². The molecule has 1 fully saturated rings. The summed E-state index contributed by atoms with van der Waals surface area (Å²) < 4.78 is 25.8. The zero-order valence-corrected chi connectivity index (χ0v) is 11.0. The van der Waals surface area contributed by atoms with Gasteiger partial charge in [0, 0.05) is 17.8 Å². The Morgan fingerprint density at radius 3 is 2.84 bits per heavy atom. The normalized spacial score (nSPS) is 20.3. The average molecular weight is 268 g/mol. The van der Waals surface area contributed by atoms with Gasteiger partial charge in [-0.15, -0.1) is 0 Å². The van der Waals surface area contributed by atoms with Crippen molar-refractivity contribution >= 4 is 11.6 Å². The van der Waals surface area contributed by atoms with E-state index in [9.17, 15) is 13.6 Å². The molecule has 1 heterocycles. The van der Waals surface area contributed by atoms with Crippen LogP contribution in [-0.2, 0) is 4.79 Å². The molecule has 104 valence electrons. The molecule has 0 bridgehead atoms. The minimum atomic E-state index is -0.954. The third-order valence-electron chi connectivity index (χ3n) is 3.49. The van der Waals surface area contributed by atoms with Gasteiger partial charge in [-0.25, -0.2) is 8.78 Å². The van der Waals surface area contributed by atoms with E-state index in [1.165, 1.54) is 12.5 Å². The minimum absolute atomic E-state index is 0.195. The second-order valence-corrected chi connectivity index (χ2v) is 4.99. The number of halogens is 2. The monoisotopic (exact) mass is 268 g/mol. The summed E-state index contributed by atoms with van der Waals surface area (Å²) in [6.07, 6.45) is 3.39. The Morgan fingerprint density at radius 1 is 1.37 bits per heavy atom. The van der Waals surface area contributed by atoms with Gasteiger partial charge in [-0.2, -0.15) is 0 Å². The van der Waals surface area contributed by atoms with Gasteiger partial charge in [0.25, 0.3) is 0 Å². The lowest BCUT2D eigenvalue weighted by atomic mass is 10.0. The van der Waals surface area contributed by atoms with Crippen LogP contribution in [-0.4, -0.2) is 29.9 Å². The van der Waals surface area contributed by atoms with Crippen LogP contribution in [0, 0.1) is 11.6 Å². The van der Waals surface area contributed by atoms with Gasteiger partial charge in [-0.3, -0.25) is 9.69 Å². The van der Waals surface area contributed by atoms with Crippen molar-refractivity contribution in [2.75, 3.05) is 18.4 Å². The van der Waals surface area contributed by atoms with Crippen molar-refractivity contribution in [2.45, 2.75) is 32.2 Å². The van der Waals surface area contributed by atoms with Crippen molar-refractivity contribution < 1.29 is 13.6 Å². The van der Waals surface area contributed by atoms with Crippen molar-refractivity contribution in [1.29, 1.82) is 0 Å². The summed E-state index contributed by atoms with van der Waals surface area (Å²) in [6, 6.07) is 3.75. The Balaban J connectivity index is 1.91. The second kappa shape index (κ2) is 6.10. The van der Waals surface area contributed by atoms with Gasteiger partial charge in [0.05, 0.1) is 6.54 Å². The summed E-state index contributed by atoms with van der Waals surface area (Å²) in [6.45, 7) is 3.30. The molecule has 0 saturated carbocycles. The van der Waals surface area contributed by atoms with Crippen LogP contribution in [0.2, 0.25) is 0 Å². The van der Waals surface area contributed by atoms with Crippen LogP contribution in [0.4, 0.5) is 14.5 Å². The number of likely N-dealkylation sites (tertiary alicyclic amines) is 1. The summed E-state index contributed by atoms with van der Waals surface area (Å²) >= 11 is 0. The molecular formula is C14H18F2N2O. The predicted octanol–water partition coefficient (Wildman–Crippen LogP) is 2.78. The summed E-state index contributed by atoms with van der Waals surface area (Å²) in [5.41, 5.74) is 0.286. The maximum absolute atomic E-state index is 13.0. The van der Waals surface area contributed by atoms with Crippen LogP contribution in [0.5, 0.6) is 0 Å². The Hall–Kier alpha value is -1.49. The molecule has 0 unspecified atom stereocenters. The summed E-state index contributed by atoms with van der Waals surface area (Å²) in [5.74, 6) is -2.06. The van der Waals surface area contributed by atoms with Crippen LogP contribution in [0.3, 0.4) is 0 Å². The summed E-state index contributed by atoms with van der Waals surface area (Å²) in [4.78, 5) is 14.0. The number of hydrogen-bond donors (Lipinski definition) is 1. The number of anilines is 1. The molecule has 1 aromatic rings. The molecule has 3 nitrogen and oxygen atoms in total. The van der Waals surface area contributed by atoms with Gasteiger partial charge in [-0.05, 0) is 38.4 Å². The minimum Gasteiger partial charge on any atom is -0.325 e. The molecule has 1 aromatic carbocycles. The molecule has 5 heteroatoms. The quantitative estimate of drug-likeness (QED) is 0.914. The van der Waals surface area contributed by atoms with E-state index in [0.717, 1.165) is 31.5 Å². The largest absolute Gasteiger partial charge is 0.325 e. The second-order valence-electron chi connectivity index (χ2n) is 4.99. The molecule has 0 radical (unpaired) electrons. The average Bonchev–Trinajstić information content (AvgIpc) is 2.37. The maximum Gasteiger partial charge on any atom is 0.238 e. The van der Waals surface area contributed by atoms with Crippen molar-refractivity contribution in [3.05, 3.63) is 29.8 Å². The van der Waals surface area contributed by atoms with Gasteiger partial charge in [-0.1, -0.05) is 6.42 Å². The van der Waals surface area contributed by atoms with Crippen molar-refractivity contribution in [3.8, 4) is 0 Å². The summed E-state index contributed by atoms with van der Waals surface area (Å²) in [7, 11) is 0. The van der Waals surface area contributed by atoms with E-state index >= 15 is 0 Å². The first-order chi connectivity index (χ1) is 9.06. The first-order valence-electron chi connectivity index (χ1n) is 6.55. The predicted molar refractivity (Wildman–Crippen MR) is 69.9 cm³/mol. The molecule has 1 N–H and O–H groups in total. The molecular weight excluding hydrogens is 250 g/mol. The van der Waals surface area contributed by atoms with Gasteiger partial charge < -0.3 is 5.32 Å². The van der Waals surface area contributed by atoms with Crippen molar-refractivity contribution in [1.82, 2.24) is 4.90 Å². The highest BCUT2D eigenvalue weighted by Crippen LogP contribution is 2.17. The Labute approximate surface area is 111 Å². The Kier molecular flexibility index (Phi) is 4.47. The first kappa shape index (κ1) is 13.9. The topological polar surface area (TPSA) is 32.3 Å². The first-order valence-corrected chi connectivity index (χ1v) is 6.55. The number of hydrogen-bond acceptors (Lipinski definition) is 2. The van der Waals surface area contributed by atoms with Crippen LogP contribution < -0.4 is 5.32 Å². The standard InChI is InChI=1S/C14H18F2N2O/c1-10-4-2-3-7-18(10)9-14(19)17-11-5-6-12(15)13(16)8-11/h5-6,8,10H,2-4,7,9H2,1H3,(H,17,19)/t10-/m1/s1. The molecule has 0 spiro atoms. The maximum atomic E-state index is 13.0. The van der Waals surface area contributed by atoms with E-state index in [1.54, 1.807) is 0 Å². The van der Waals surface area contributed by atoms with Crippen LogP contribution in [0.15, 0.2) is 18.2 Å². The van der Waals surface area contributed by atoms with E-state index in [1.807, 2.05) is 0 Å². The molecule has 19 heavy (non-hydrogen) atoms. The fourth-order valence-corrected chi connectivity index (χ4v) is 2.35. The molecule has 1 aliphatic heterocycles. The van der Waals surface area contributed by atoms with E-state index in [0.29, 0.717) is 12.6 Å². The molecule has 1 atom stereocenters. The van der Waals surface area contributed by atoms with E-state index in [-0.39, 0.29) is 11.6 Å². The van der Waals surface area contributed by atoms with Gasteiger partial charge in [0.1, 0.15) is 0 Å². The van der Waals surface area contributed by atoms with Crippen LogP contribution >= 0.6 is 0 Å². The number of nitrogens with one attached hydrogen (secondary N) is 1. The van der Waals surface area contributed by atoms with E-state index in [4.69, 9.17) is 0 Å². The SMILES string of the molecule is C[C@@H]1CCCCN1CC(=O)Nc1ccc(F)c(F)c1. The highest BCUT2D eigenvalue weighted by atomic mass is 19.2. The van der Waals surface area contributed by atoms with Gasteiger partial charge in [0.2, 0.25) is 5.91 Å². The molecule has 2 rings (SSSR count). The molecule has 1 amide bonds. The number of rotatable bonds is 3. The zero-order valence-electron chi connectivity index (χ0n) is 11.0. The van der Waals surface area contributed by atoms with E-state index < -0.39 is 11.6 Å². The number of piperidine rings is 1. The number of nitrogens with zero attached hydrogens (tertiary/aromatic N) is 1. The fraction of sp³-hybridized carbons (Fsp3) is 0.500. The van der Waals surface area contributed by atoms with Crippen molar-refractivity contribution in [3.63, 3.8) is 0 Å². The number of amides is 1. The number of carbonyl (C=O) groups is 1. The molecule has 0 aromatic heterocycles. The smallest absolute Gasteiger partial charge is 0.238 e. The molecule has 0 aliphatic carbocycles. The third kappa shape index (κ3) is 3.73. The lowest BCUT2D eigenvalue weighted by molar-refractivity contribution is -0.118. The van der Waals surface area contributed by atoms with Crippen LogP contribution in [0.25, 0.3) is 0 Å². The van der Waals surface area contributed by atoms with Gasteiger partial charge >= 0.3 is 0 Å². The zero-order chi connectivity index (χ0) is 13.8.